The number of rotatable bonds is 3. The van der Waals surface area contributed by atoms with E-state index in [2.05, 4.69) is 0 Å². The molecule has 0 spiro atoms. The fourth-order valence-corrected chi connectivity index (χ4v) is 3.36. The molecule has 0 saturated heterocycles. The van der Waals surface area contributed by atoms with Crippen molar-refractivity contribution in [2.75, 3.05) is 0 Å². The lowest BCUT2D eigenvalue weighted by Gasteiger charge is -2.17. The third kappa shape index (κ3) is 3.61. The van der Waals surface area contributed by atoms with Gasteiger partial charge in [0.25, 0.3) is 5.92 Å². The predicted octanol–water partition coefficient (Wildman–Crippen LogP) is 5.59. The first-order valence-electron chi connectivity index (χ1n) is 7.08. The Morgan fingerprint density at radius 2 is 1.77 bits per heavy atom. The van der Waals surface area contributed by atoms with Gasteiger partial charge in [0.1, 0.15) is 17.6 Å². The van der Waals surface area contributed by atoms with Crippen LogP contribution < -0.4 is 4.74 Å². The summed E-state index contributed by atoms with van der Waals surface area (Å²) in [7, 11) is 0. The Balaban J connectivity index is 2.04. The maximum Gasteiger partial charge on any atom is 0.446 e. The predicted molar refractivity (Wildman–Crippen MR) is 78.4 cm³/mol. The Labute approximate surface area is 146 Å². The minimum atomic E-state index is -4.74. The van der Waals surface area contributed by atoms with Crippen molar-refractivity contribution >= 4 is 11.8 Å². The van der Waals surface area contributed by atoms with Gasteiger partial charge in [0.05, 0.1) is 0 Å². The minimum absolute atomic E-state index is 0.230. The summed E-state index contributed by atoms with van der Waals surface area (Å²) in [6.07, 6.45) is -3.48. The molecule has 1 aliphatic carbocycles. The zero-order valence-corrected chi connectivity index (χ0v) is 13.4. The van der Waals surface area contributed by atoms with Crippen molar-refractivity contribution < 1.29 is 40.6 Å². The maximum atomic E-state index is 13.9. The van der Waals surface area contributed by atoms with Crippen LogP contribution in [0.2, 0.25) is 0 Å². The van der Waals surface area contributed by atoms with Gasteiger partial charge in [-0.25, -0.2) is 17.6 Å². The molecule has 0 heterocycles. The SMILES string of the molecule is O[C@H]1c2c(SC(F)(F)F)ccc(Oc3ccc(F)c(F)c3)c2CC1(F)F. The standard InChI is InChI=1S/C16H9F7O2S/c17-9-2-1-7(5-10(9)18)25-11-3-4-12(26-16(21,22)23)13-8(11)6-15(19,20)14(13)24/h1-5,14,24H,6H2/t14-/m0/s1. The van der Waals surface area contributed by atoms with E-state index in [9.17, 15) is 35.8 Å². The fraction of sp³-hybridized carbons (Fsp3) is 0.250. The van der Waals surface area contributed by atoms with Gasteiger partial charge >= 0.3 is 5.51 Å². The first-order valence-corrected chi connectivity index (χ1v) is 7.90. The molecule has 1 atom stereocenters. The highest BCUT2D eigenvalue weighted by molar-refractivity contribution is 8.00. The van der Waals surface area contributed by atoms with Crippen LogP contribution in [0, 0.1) is 11.6 Å². The van der Waals surface area contributed by atoms with Crippen LogP contribution in [0.15, 0.2) is 35.2 Å². The number of hydrogen-bond acceptors (Lipinski definition) is 3. The van der Waals surface area contributed by atoms with E-state index in [0.29, 0.717) is 6.07 Å². The van der Waals surface area contributed by atoms with Crippen molar-refractivity contribution in [3.63, 3.8) is 0 Å². The van der Waals surface area contributed by atoms with Crippen molar-refractivity contribution in [1.82, 2.24) is 0 Å². The van der Waals surface area contributed by atoms with Crippen molar-refractivity contribution in [2.45, 2.75) is 28.9 Å². The highest BCUT2D eigenvalue weighted by atomic mass is 32.2. The van der Waals surface area contributed by atoms with E-state index in [4.69, 9.17) is 4.74 Å². The normalized spacial score (nSPS) is 18.7. The average molecular weight is 398 g/mol. The van der Waals surface area contributed by atoms with Crippen molar-refractivity contribution in [3.8, 4) is 11.5 Å². The third-order valence-electron chi connectivity index (χ3n) is 3.70. The molecule has 2 nitrogen and oxygen atoms in total. The second kappa shape index (κ2) is 6.34. The molecule has 1 N–H and O–H groups in total. The highest BCUT2D eigenvalue weighted by Crippen LogP contribution is 2.52. The average Bonchev–Trinajstić information content (AvgIpc) is 2.75. The Hall–Kier alpha value is -1.94. The molecule has 0 saturated carbocycles. The fourth-order valence-electron chi connectivity index (χ4n) is 2.63. The lowest BCUT2D eigenvalue weighted by Crippen LogP contribution is -2.21. The topological polar surface area (TPSA) is 29.5 Å². The van der Waals surface area contributed by atoms with Gasteiger partial charge in [-0.2, -0.15) is 13.2 Å². The monoisotopic (exact) mass is 398 g/mol. The van der Waals surface area contributed by atoms with Crippen molar-refractivity contribution in [2.24, 2.45) is 0 Å². The molecule has 1 aliphatic rings. The molecule has 0 unspecified atom stereocenters. The van der Waals surface area contributed by atoms with Crippen LogP contribution in [0.4, 0.5) is 30.7 Å². The van der Waals surface area contributed by atoms with Crippen molar-refractivity contribution in [3.05, 3.63) is 53.1 Å². The Morgan fingerprint density at radius 1 is 1.08 bits per heavy atom. The number of ether oxygens (including phenoxy) is 1. The summed E-state index contributed by atoms with van der Waals surface area (Å²) in [6, 6.07) is 4.36. The number of aliphatic hydroxyl groups is 1. The number of halogens is 7. The molecular formula is C16H9F7O2S. The van der Waals surface area contributed by atoms with Gasteiger partial charge in [-0.15, -0.1) is 0 Å². The number of aliphatic hydroxyl groups excluding tert-OH is 1. The second-order valence-corrected chi connectivity index (χ2v) is 6.63. The molecule has 10 heteroatoms. The second-order valence-electron chi connectivity index (χ2n) is 5.52. The van der Waals surface area contributed by atoms with E-state index in [1.807, 2.05) is 0 Å². The van der Waals surface area contributed by atoms with Crippen LogP contribution >= 0.6 is 11.8 Å². The van der Waals surface area contributed by atoms with E-state index in [-0.39, 0.29) is 17.1 Å². The molecular weight excluding hydrogens is 389 g/mol. The summed E-state index contributed by atoms with van der Waals surface area (Å²) < 4.78 is 97.1. The molecule has 2 aromatic rings. The van der Waals surface area contributed by atoms with Gasteiger partial charge in [0.2, 0.25) is 0 Å². The van der Waals surface area contributed by atoms with Crippen LogP contribution in [0.1, 0.15) is 17.2 Å². The first-order chi connectivity index (χ1) is 12.0. The molecule has 0 aromatic heterocycles. The molecule has 2 aromatic carbocycles. The lowest BCUT2D eigenvalue weighted by molar-refractivity contribution is -0.0977. The number of benzene rings is 2. The van der Waals surface area contributed by atoms with Gasteiger partial charge in [-0.05, 0) is 36.0 Å². The molecule has 3 rings (SSSR count). The number of alkyl halides is 5. The third-order valence-corrected chi connectivity index (χ3v) is 4.51. The molecule has 0 bridgehead atoms. The van der Waals surface area contributed by atoms with Gasteiger partial charge < -0.3 is 9.84 Å². The lowest BCUT2D eigenvalue weighted by atomic mass is 10.1. The van der Waals surface area contributed by atoms with E-state index < -0.39 is 57.8 Å². The van der Waals surface area contributed by atoms with Crippen molar-refractivity contribution in [1.29, 1.82) is 0 Å². The maximum absolute atomic E-state index is 13.9. The summed E-state index contributed by atoms with van der Waals surface area (Å²) >= 11 is -0.628. The Kier molecular flexibility index (Phi) is 4.60. The van der Waals surface area contributed by atoms with Crippen LogP contribution in [0.3, 0.4) is 0 Å². The van der Waals surface area contributed by atoms with E-state index in [1.54, 1.807) is 0 Å². The van der Waals surface area contributed by atoms with Gasteiger partial charge in [-0.1, -0.05) is 0 Å². The summed E-state index contributed by atoms with van der Waals surface area (Å²) in [4.78, 5) is -0.574. The number of fused-ring (bicyclic) bond motifs is 1. The molecule has 0 fully saturated rings. The van der Waals surface area contributed by atoms with E-state index in [1.165, 1.54) is 0 Å². The molecule has 26 heavy (non-hydrogen) atoms. The van der Waals surface area contributed by atoms with Gasteiger partial charge in [0, 0.05) is 28.5 Å². The summed E-state index contributed by atoms with van der Waals surface area (Å²) in [6.45, 7) is 0. The van der Waals surface area contributed by atoms with Crippen LogP contribution in [0.5, 0.6) is 11.5 Å². The minimum Gasteiger partial charge on any atom is -0.457 e. The number of thioether (sulfide) groups is 1. The zero-order chi connectivity index (χ0) is 19.3. The molecule has 0 amide bonds. The quantitative estimate of drug-likeness (QED) is 0.540. The Bertz CT molecular complexity index is 851. The largest absolute Gasteiger partial charge is 0.457 e. The Morgan fingerprint density at radius 3 is 2.38 bits per heavy atom. The molecule has 0 radical (unpaired) electrons. The summed E-state index contributed by atoms with van der Waals surface area (Å²) in [5.41, 5.74) is -5.65. The van der Waals surface area contributed by atoms with Gasteiger partial charge in [-0.3, -0.25) is 0 Å². The smallest absolute Gasteiger partial charge is 0.446 e. The number of hydrogen-bond donors (Lipinski definition) is 1. The summed E-state index contributed by atoms with van der Waals surface area (Å²) in [5.74, 6) is -6.58. The highest BCUT2D eigenvalue weighted by Gasteiger charge is 2.50. The first kappa shape index (κ1) is 18.8. The van der Waals surface area contributed by atoms with Crippen LogP contribution in [-0.2, 0) is 6.42 Å². The van der Waals surface area contributed by atoms with Crippen LogP contribution in [-0.4, -0.2) is 16.5 Å². The van der Waals surface area contributed by atoms with E-state index >= 15 is 0 Å². The van der Waals surface area contributed by atoms with Gasteiger partial charge in [0.15, 0.2) is 11.6 Å². The van der Waals surface area contributed by atoms with E-state index in [0.717, 1.165) is 24.3 Å². The molecule has 0 aliphatic heterocycles. The zero-order valence-electron chi connectivity index (χ0n) is 12.6. The summed E-state index contributed by atoms with van der Waals surface area (Å²) in [5, 5.41) is 9.76. The molecule has 140 valence electrons. The van der Waals surface area contributed by atoms with Crippen LogP contribution in [0.25, 0.3) is 0 Å².